The van der Waals surface area contributed by atoms with E-state index in [4.69, 9.17) is 21.2 Å². The smallest absolute Gasteiger partial charge is 0.267 e. The lowest BCUT2D eigenvalue weighted by Crippen LogP contribution is -2.38. The van der Waals surface area contributed by atoms with Gasteiger partial charge in [0.15, 0.2) is 6.29 Å². The van der Waals surface area contributed by atoms with Crippen molar-refractivity contribution in [3.8, 4) is 0 Å². The first-order valence-corrected chi connectivity index (χ1v) is 11.8. The summed E-state index contributed by atoms with van der Waals surface area (Å²) in [5.74, 6) is 0.310. The molecule has 2 saturated heterocycles. The number of likely N-dealkylation sites (tertiary alicyclic amines) is 1. The molecule has 9 heteroatoms. The molecule has 4 rings (SSSR count). The monoisotopic (exact) mass is 471 g/mol. The van der Waals surface area contributed by atoms with Gasteiger partial charge in [-0.1, -0.05) is 11.6 Å². The molecule has 0 saturated carbocycles. The molecule has 0 bridgehead atoms. The molecule has 0 aliphatic carbocycles. The van der Waals surface area contributed by atoms with Gasteiger partial charge in [0.05, 0.1) is 5.02 Å². The molecule has 2 N–H and O–H groups in total. The average molecular weight is 472 g/mol. The van der Waals surface area contributed by atoms with Crippen molar-refractivity contribution < 1.29 is 14.4 Å². The van der Waals surface area contributed by atoms with E-state index in [1.54, 1.807) is 18.3 Å². The summed E-state index contributed by atoms with van der Waals surface area (Å²) in [5, 5.41) is 4.00. The fraction of sp³-hybridized carbons (Fsp3) is 0.458. The summed E-state index contributed by atoms with van der Waals surface area (Å²) in [4.78, 5) is 28.2. The van der Waals surface area contributed by atoms with E-state index < -0.39 is 0 Å². The number of aromatic nitrogens is 2. The Kier molecular flexibility index (Phi) is 8.65. The summed E-state index contributed by atoms with van der Waals surface area (Å²) < 4.78 is 5.41. The first-order valence-electron chi connectivity index (χ1n) is 11.4. The topological polar surface area (TPSA) is 88.6 Å². The highest BCUT2D eigenvalue weighted by atomic mass is 35.5. The third-order valence-corrected chi connectivity index (χ3v) is 6.09. The molecule has 4 heterocycles. The largest absolute Gasteiger partial charge is 0.366 e. The highest BCUT2D eigenvalue weighted by Crippen LogP contribution is 2.24. The molecule has 1 atom stereocenters. The molecule has 0 radical (unpaired) electrons. The maximum atomic E-state index is 12.0. The van der Waals surface area contributed by atoms with Crippen LogP contribution in [-0.4, -0.2) is 52.8 Å². The van der Waals surface area contributed by atoms with E-state index in [-0.39, 0.29) is 12.2 Å². The lowest BCUT2D eigenvalue weighted by molar-refractivity contribution is -0.198. The number of nitrogens with one attached hydrogen (secondary N) is 2. The van der Waals surface area contributed by atoms with Crippen molar-refractivity contribution in [1.82, 2.24) is 20.3 Å². The average Bonchev–Trinajstić information content (AvgIpc) is 2.85. The minimum atomic E-state index is -0.375. The molecule has 8 nitrogen and oxygen atoms in total. The number of pyridine rings is 2. The zero-order chi connectivity index (χ0) is 22.9. The summed E-state index contributed by atoms with van der Waals surface area (Å²) in [7, 11) is 0. The third kappa shape index (κ3) is 7.50. The Morgan fingerprint density at radius 2 is 2.06 bits per heavy atom. The normalized spacial score (nSPS) is 20.1. The Bertz CT molecular complexity index is 929. The molecular formula is C24H30ClN5O3. The van der Waals surface area contributed by atoms with Gasteiger partial charge in [-0.3, -0.25) is 14.7 Å². The minimum absolute atomic E-state index is 0.329. The van der Waals surface area contributed by atoms with E-state index in [1.807, 2.05) is 12.4 Å². The number of piperidine rings is 1. The zero-order valence-corrected chi connectivity index (χ0v) is 19.3. The fourth-order valence-electron chi connectivity index (χ4n) is 3.96. The van der Waals surface area contributed by atoms with Gasteiger partial charge in [-0.2, -0.15) is 0 Å². The van der Waals surface area contributed by atoms with Gasteiger partial charge in [-0.05, 0) is 61.1 Å². The molecule has 1 amide bonds. The number of ether oxygens (including phenoxy) is 1. The van der Waals surface area contributed by atoms with Crippen molar-refractivity contribution in [2.75, 3.05) is 25.0 Å². The Morgan fingerprint density at radius 3 is 2.79 bits per heavy atom. The highest BCUT2D eigenvalue weighted by molar-refractivity contribution is 6.33. The predicted octanol–water partition coefficient (Wildman–Crippen LogP) is 3.79. The van der Waals surface area contributed by atoms with Crippen LogP contribution in [0.25, 0.3) is 6.08 Å². The second kappa shape index (κ2) is 12.1. The van der Waals surface area contributed by atoms with E-state index >= 15 is 0 Å². The first kappa shape index (κ1) is 23.6. The van der Waals surface area contributed by atoms with Gasteiger partial charge in [0.25, 0.3) is 5.91 Å². The van der Waals surface area contributed by atoms with Gasteiger partial charge >= 0.3 is 0 Å². The number of nitrogens with zero attached hydrogens (tertiary/aromatic N) is 3. The van der Waals surface area contributed by atoms with Gasteiger partial charge in [0.2, 0.25) is 0 Å². The quantitative estimate of drug-likeness (QED) is 0.447. The number of halogens is 1. The van der Waals surface area contributed by atoms with Gasteiger partial charge in [0, 0.05) is 63.4 Å². The molecule has 33 heavy (non-hydrogen) atoms. The summed E-state index contributed by atoms with van der Waals surface area (Å²) >= 11 is 6.45. The van der Waals surface area contributed by atoms with Gasteiger partial charge in [0.1, 0.15) is 5.82 Å². The van der Waals surface area contributed by atoms with Crippen LogP contribution < -0.4 is 10.8 Å². The maximum Gasteiger partial charge on any atom is 0.267 e. The number of hydrogen-bond donors (Lipinski definition) is 2. The second-order valence-corrected chi connectivity index (χ2v) is 8.77. The SMILES string of the molecule is O=C(C=Cc1cnc(NC2CCN(Cc3ccncc3)CC2)c(Cl)c1)NOC1CCCCO1. The molecule has 1 unspecified atom stereocenters. The van der Waals surface area contributed by atoms with Crippen molar-refractivity contribution >= 4 is 29.4 Å². The van der Waals surface area contributed by atoms with Crippen LogP contribution in [0.3, 0.4) is 0 Å². The number of hydroxylamine groups is 1. The lowest BCUT2D eigenvalue weighted by atomic mass is 10.0. The lowest BCUT2D eigenvalue weighted by Gasteiger charge is -2.32. The van der Waals surface area contributed by atoms with Crippen LogP contribution >= 0.6 is 11.6 Å². The van der Waals surface area contributed by atoms with Crippen LogP contribution in [0.1, 0.15) is 43.2 Å². The van der Waals surface area contributed by atoms with Crippen LogP contribution in [0.15, 0.2) is 42.9 Å². The van der Waals surface area contributed by atoms with Crippen molar-refractivity contribution in [2.45, 2.75) is 51.0 Å². The molecule has 0 aromatic carbocycles. The number of anilines is 1. The van der Waals surface area contributed by atoms with Gasteiger partial charge in [-0.25, -0.2) is 15.3 Å². The van der Waals surface area contributed by atoms with Crippen molar-refractivity contribution in [3.05, 3.63) is 59.0 Å². The summed E-state index contributed by atoms with van der Waals surface area (Å²) in [6.07, 6.45) is 12.9. The van der Waals surface area contributed by atoms with E-state index in [1.165, 1.54) is 11.6 Å². The standard InChI is InChI=1S/C24H30ClN5O3/c25-21-15-19(4-5-22(31)29-33-23-3-1-2-14-32-23)16-27-24(21)28-20-8-12-30(13-9-20)17-18-6-10-26-11-7-18/h4-7,10-11,15-16,20,23H,1-3,8-9,12-14,17H2,(H,27,28)(H,29,31). The Hall–Kier alpha value is -2.52. The molecule has 2 aliphatic heterocycles. The number of hydrogen-bond acceptors (Lipinski definition) is 7. The van der Waals surface area contributed by atoms with Crippen LogP contribution in [0, 0.1) is 0 Å². The van der Waals surface area contributed by atoms with Crippen molar-refractivity contribution in [1.29, 1.82) is 0 Å². The van der Waals surface area contributed by atoms with Crippen LogP contribution in [0.5, 0.6) is 0 Å². The van der Waals surface area contributed by atoms with Crippen LogP contribution in [-0.2, 0) is 20.9 Å². The summed E-state index contributed by atoms with van der Waals surface area (Å²) in [6, 6.07) is 6.25. The first-order chi connectivity index (χ1) is 16.2. The molecule has 0 spiro atoms. The maximum absolute atomic E-state index is 12.0. The van der Waals surface area contributed by atoms with Crippen molar-refractivity contribution in [2.24, 2.45) is 0 Å². The zero-order valence-electron chi connectivity index (χ0n) is 18.6. The molecular weight excluding hydrogens is 442 g/mol. The van der Waals surface area contributed by atoms with Gasteiger partial charge < -0.3 is 10.1 Å². The number of carbonyl (C=O) groups excluding carboxylic acids is 1. The summed E-state index contributed by atoms with van der Waals surface area (Å²) in [5.41, 5.74) is 4.42. The van der Waals surface area contributed by atoms with Crippen LogP contribution in [0.2, 0.25) is 5.02 Å². The van der Waals surface area contributed by atoms with Crippen LogP contribution in [0.4, 0.5) is 5.82 Å². The number of rotatable bonds is 8. The molecule has 2 fully saturated rings. The summed E-state index contributed by atoms with van der Waals surface area (Å²) in [6.45, 7) is 3.64. The van der Waals surface area contributed by atoms with E-state index in [2.05, 4.69) is 37.8 Å². The number of amides is 1. The molecule has 2 aliphatic rings. The van der Waals surface area contributed by atoms with Gasteiger partial charge in [-0.15, -0.1) is 0 Å². The molecule has 2 aromatic heterocycles. The molecule has 176 valence electrons. The Morgan fingerprint density at radius 1 is 1.24 bits per heavy atom. The number of carbonyl (C=O) groups is 1. The van der Waals surface area contributed by atoms with E-state index in [0.29, 0.717) is 23.5 Å². The predicted molar refractivity (Wildman–Crippen MR) is 127 cm³/mol. The Labute approximate surface area is 199 Å². The van der Waals surface area contributed by atoms with Crippen molar-refractivity contribution in [3.63, 3.8) is 0 Å². The van der Waals surface area contributed by atoms with E-state index in [9.17, 15) is 4.79 Å². The highest BCUT2D eigenvalue weighted by Gasteiger charge is 2.20. The minimum Gasteiger partial charge on any atom is -0.366 e. The molecule has 2 aromatic rings. The Balaban J connectivity index is 1.21. The fourth-order valence-corrected chi connectivity index (χ4v) is 4.19. The third-order valence-electron chi connectivity index (χ3n) is 5.80. The second-order valence-electron chi connectivity index (χ2n) is 8.36. The van der Waals surface area contributed by atoms with E-state index in [0.717, 1.165) is 57.3 Å².